The fraction of sp³-hybridized carbons (Fsp3) is 0.778. The zero-order valence-corrected chi connectivity index (χ0v) is 8.77. The number of unbranched alkanes of at least 4 members (excludes halogenated alkanes) is 1. The molecule has 0 heterocycles. The van der Waals surface area contributed by atoms with Crippen LogP contribution in [0.15, 0.2) is 0 Å². The Morgan fingerprint density at radius 1 is 1.40 bits per heavy atom. The molecule has 0 aromatic rings. The third-order valence-electron chi connectivity index (χ3n) is 1.94. The van der Waals surface area contributed by atoms with Crippen molar-refractivity contribution in [3.05, 3.63) is 0 Å². The quantitative estimate of drug-likeness (QED) is 0.412. The molecule has 1 amide bonds. The first-order chi connectivity index (χ1) is 6.95. The minimum atomic E-state index is -1.01. The maximum absolute atomic E-state index is 10.9. The van der Waals surface area contributed by atoms with Gasteiger partial charge in [0.25, 0.3) is 0 Å². The molecule has 0 aliphatic rings. The monoisotopic (exact) mass is 218 g/mol. The van der Waals surface area contributed by atoms with Crippen LogP contribution in [-0.2, 0) is 9.59 Å². The van der Waals surface area contributed by atoms with E-state index >= 15 is 0 Å². The van der Waals surface area contributed by atoms with Crippen molar-refractivity contribution >= 4 is 11.9 Å². The fourth-order valence-electron chi connectivity index (χ4n) is 0.972. The van der Waals surface area contributed by atoms with Gasteiger partial charge in [-0.1, -0.05) is 0 Å². The smallest absolute Gasteiger partial charge is 0.320 e. The number of hydrogen-bond acceptors (Lipinski definition) is 4. The van der Waals surface area contributed by atoms with Crippen LogP contribution < -0.4 is 11.1 Å². The molecule has 0 aliphatic carbocycles. The largest absolute Gasteiger partial charge is 0.480 e. The Morgan fingerprint density at radius 2 is 2.00 bits per heavy atom. The third kappa shape index (κ3) is 6.87. The summed E-state index contributed by atoms with van der Waals surface area (Å²) in [6.45, 7) is 1.81. The van der Waals surface area contributed by atoms with Crippen LogP contribution in [-0.4, -0.2) is 40.8 Å². The summed E-state index contributed by atoms with van der Waals surface area (Å²) in [5.41, 5.74) is 5.28. The van der Waals surface area contributed by atoms with Gasteiger partial charge in [-0.2, -0.15) is 0 Å². The number of carbonyl (C=O) groups excluding carboxylic acids is 1. The van der Waals surface area contributed by atoms with Gasteiger partial charge in [-0.05, 0) is 26.2 Å². The van der Waals surface area contributed by atoms with Crippen LogP contribution in [0.5, 0.6) is 0 Å². The Morgan fingerprint density at radius 3 is 2.47 bits per heavy atom. The van der Waals surface area contributed by atoms with E-state index in [4.69, 9.17) is 15.9 Å². The molecule has 0 saturated heterocycles. The first kappa shape index (κ1) is 13.9. The molecule has 2 atom stereocenters. The van der Waals surface area contributed by atoms with E-state index in [0.717, 1.165) is 0 Å². The van der Waals surface area contributed by atoms with E-state index in [1.54, 1.807) is 0 Å². The lowest BCUT2D eigenvalue weighted by Crippen LogP contribution is -2.33. The summed E-state index contributed by atoms with van der Waals surface area (Å²) in [5, 5.41) is 19.8. The average Bonchev–Trinajstić information content (AvgIpc) is 2.16. The second-order valence-electron chi connectivity index (χ2n) is 3.41. The van der Waals surface area contributed by atoms with Crippen LogP contribution in [0.1, 0.15) is 26.2 Å². The highest BCUT2D eigenvalue weighted by molar-refractivity contribution is 5.79. The number of amides is 1. The van der Waals surface area contributed by atoms with Crippen molar-refractivity contribution in [1.82, 2.24) is 5.32 Å². The van der Waals surface area contributed by atoms with Crippen molar-refractivity contribution in [2.24, 2.45) is 5.73 Å². The highest BCUT2D eigenvalue weighted by Gasteiger charge is 2.10. The molecule has 0 aromatic heterocycles. The Bertz CT molecular complexity index is 218. The number of carbonyl (C=O) groups is 2. The van der Waals surface area contributed by atoms with Crippen molar-refractivity contribution in [1.29, 1.82) is 0 Å². The molecule has 0 rings (SSSR count). The van der Waals surface area contributed by atoms with Crippen molar-refractivity contribution in [2.45, 2.75) is 38.3 Å². The van der Waals surface area contributed by atoms with Gasteiger partial charge in [-0.3, -0.25) is 9.59 Å². The highest BCUT2D eigenvalue weighted by atomic mass is 16.4. The summed E-state index contributed by atoms with van der Waals surface area (Å²) >= 11 is 0. The van der Waals surface area contributed by atoms with Crippen LogP contribution in [0.2, 0.25) is 0 Å². The van der Waals surface area contributed by atoms with Crippen LogP contribution in [0.25, 0.3) is 0 Å². The van der Waals surface area contributed by atoms with Crippen molar-refractivity contribution in [3.8, 4) is 0 Å². The number of rotatable bonds is 7. The Hall–Kier alpha value is -1.14. The van der Waals surface area contributed by atoms with E-state index in [9.17, 15) is 9.59 Å². The minimum Gasteiger partial charge on any atom is -0.480 e. The van der Waals surface area contributed by atoms with Gasteiger partial charge in [0, 0.05) is 6.54 Å². The average molecular weight is 218 g/mol. The lowest BCUT2D eigenvalue weighted by Gasteiger charge is -2.08. The molecule has 0 fully saturated rings. The highest BCUT2D eigenvalue weighted by Crippen LogP contribution is 1.98. The summed E-state index contributed by atoms with van der Waals surface area (Å²) in [6, 6.07) is -0.836. The summed E-state index contributed by atoms with van der Waals surface area (Å²) in [6.07, 6.45) is 0.665. The molecule has 0 aliphatic heterocycles. The molecule has 6 heteroatoms. The third-order valence-corrected chi connectivity index (χ3v) is 1.94. The maximum Gasteiger partial charge on any atom is 0.320 e. The van der Waals surface area contributed by atoms with E-state index in [-0.39, 0.29) is 0 Å². The van der Waals surface area contributed by atoms with E-state index in [1.807, 2.05) is 0 Å². The van der Waals surface area contributed by atoms with E-state index in [0.29, 0.717) is 25.8 Å². The minimum absolute atomic E-state index is 0.389. The molecule has 6 nitrogen and oxygen atoms in total. The van der Waals surface area contributed by atoms with Crippen LogP contribution in [0.3, 0.4) is 0 Å². The predicted molar refractivity (Wildman–Crippen MR) is 54.2 cm³/mol. The van der Waals surface area contributed by atoms with Crippen LogP contribution in [0.4, 0.5) is 0 Å². The first-order valence-electron chi connectivity index (χ1n) is 4.89. The van der Waals surface area contributed by atoms with Crippen molar-refractivity contribution in [2.75, 3.05) is 6.54 Å². The van der Waals surface area contributed by atoms with Gasteiger partial charge in [-0.25, -0.2) is 0 Å². The molecular weight excluding hydrogens is 200 g/mol. The molecule has 15 heavy (non-hydrogen) atoms. The SMILES string of the molecule is CC(O)C(=O)NCCCCC(N)C(=O)O. The Labute approximate surface area is 88.5 Å². The fourth-order valence-corrected chi connectivity index (χ4v) is 0.972. The second-order valence-corrected chi connectivity index (χ2v) is 3.41. The van der Waals surface area contributed by atoms with Crippen LogP contribution >= 0.6 is 0 Å². The summed E-state index contributed by atoms with van der Waals surface area (Å²) in [5.74, 6) is -1.43. The lowest BCUT2D eigenvalue weighted by atomic mass is 10.1. The van der Waals surface area contributed by atoms with Gasteiger partial charge < -0.3 is 21.3 Å². The normalized spacial score (nSPS) is 14.3. The second kappa shape index (κ2) is 7.19. The molecule has 0 saturated carbocycles. The first-order valence-corrected chi connectivity index (χ1v) is 4.89. The molecular formula is C9H18N2O4. The number of aliphatic hydroxyl groups is 1. The van der Waals surface area contributed by atoms with Crippen molar-refractivity contribution in [3.63, 3.8) is 0 Å². The van der Waals surface area contributed by atoms with Gasteiger partial charge in [0.05, 0.1) is 0 Å². The van der Waals surface area contributed by atoms with Gasteiger partial charge in [0.15, 0.2) is 0 Å². The Balaban J connectivity index is 3.40. The van der Waals surface area contributed by atoms with Crippen LogP contribution in [0, 0.1) is 0 Å². The summed E-state index contributed by atoms with van der Waals surface area (Å²) < 4.78 is 0. The van der Waals surface area contributed by atoms with E-state index in [1.165, 1.54) is 6.92 Å². The Kier molecular flexibility index (Phi) is 6.64. The predicted octanol–water partition coefficient (Wildman–Crippen LogP) is -0.934. The standard InChI is InChI=1S/C9H18N2O4/c1-6(12)8(13)11-5-3-2-4-7(10)9(14)15/h6-7,12H,2-5,10H2,1H3,(H,11,13)(H,14,15). The topological polar surface area (TPSA) is 113 Å². The molecule has 0 radical (unpaired) electrons. The van der Waals surface area contributed by atoms with E-state index < -0.39 is 24.0 Å². The number of nitrogens with one attached hydrogen (secondary N) is 1. The molecule has 5 N–H and O–H groups in total. The molecule has 0 spiro atoms. The zero-order chi connectivity index (χ0) is 11.8. The zero-order valence-electron chi connectivity index (χ0n) is 8.77. The summed E-state index contributed by atoms with van der Waals surface area (Å²) in [4.78, 5) is 21.2. The number of aliphatic hydroxyl groups excluding tert-OH is 1. The molecule has 0 bridgehead atoms. The van der Waals surface area contributed by atoms with Crippen molar-refractivity contribution < 1.29 is 19.8 Å². The summed E-state index contributed by atoms with van der Waals surface area (Å²) in [7, 11) is 0. The molecule has 0 aromatic carbocycles. The lowest BCUT2D eigenvalue weighted by molar-refractivity contribution is -0.138. The number of aliphatic carboxylic acids is 1. The maximum atomic E-state index is 10.9. The number of carboxylic acids is 1. The number of nitrogens with two attached hydrogens (primary N) is 1. The number of hydrogen-bond donors (Lipinski definition) is 4. The van der Waals surface area contributed by atoms with Gasteiger partial charge >= 0.3 is 5.97 Å². The van der Waals surface area contributed by atoms with Gasteiger partial charge in [0.1, 0.15) is 12.1 Å². The number of carboxylic acid groups (broad SMARTS) is 1. The van der Waals surface area contributed by atoms with Gasteiger partial charge in [-0.15, -0.1) is 0 Å². The molecule has 2 unspecified atom stereocenters. The van der Waals surface area contributed by atoms with Gasteiger partial charge in [0.2, 0.25) is 5.91 Å². The van der Waals surface area contributed by atoms with E-state index in [2.05, 4.69) is 5.32 Å². The molecule has 88 valence electrons.